The summed E-state index contributed by atoms with van der Waals surface area (Å²) >= 11 is 1.49. The Balaban J connectivity index is 2.11. The number of hydrogen-bond acceptors (Lipinski definition) is 4. The van der Waals surface area contributed by atoms with Crippen molar-refractivity contribution >= 4 is 22.7 Å². The average Bonchev–Trinajstić information content (AvgIpc) is 2.60. The van der Waals surface area contributed by atoms with Crippen molar-refractivity contribution in [1.82, 2.24) is 9.55 Å². The van der Waals surface area contributed by atoms with Crippen molar-refractivity contribution in [3.63, 3.8) is 0 Å². The van der Waals surface area contributed by atoms with E-state index in [-0.39, 0.29) is 11.3 Å². The van der Waals surface area contributed by atoms with Crippen LogP contribution >= 0.6 is 11.8 Å². The van der Waals surface area contributed by atoms with Gasteiger partial charge in [-0.25, -0.2) is 4.98 Å². The highest BCUT2D eigenvalue weighted by atomic mass is 32.2. The highest BCUT2D eigenvalue weighted by Gasteiger charge is 2.14. The third-order valence-corrected chi connectivity index (χ3v) is 4.98. The van der Waals surface area contributed by atoms with Gasteiger partial charge in [0.1, 0.15) is 5.75 Å². The van der Waals surface area contributed by atoms with Crippen LogP contribution in [-0.2, 0) is 0 Å². The lowest BCUT2D eigenvalue weighted by atomic mass is 10.2. The molecule has 0 bridgehead atoms. The van der Waals surface area contributed by atoms with Gasteiger partial charge in [-0.2, -0.15) is 8.78 Å². The molecule has 0 N–H and O–H groups in total. The summed E-state index contributed by atoms with van der Waals surface area (Å²) in [6.07, 6.45) is 0. The molecule has 0 spiro atoms. The van der Waals surface area contributed by atoms with Crippen LogP contribution in [-0.4, -0.2) is 21.9 Å². The van der Waals surface area contributed by atoms with Crippen LogP contribution in [0.1, 0.15) is 13.8 Å². The summed E-state index contributed by atoms with van der Waals surface area (Å²) in [5.41, 5.74) is 1.00. The van der Waals surface area contributed by atoms with Crippen molar-refractivity contribution in [2.75, 3.05) is 5.75 Å². The summed E-state index contributed by atoms with van der Waals surface area (Å²) in [6.45, 7) is 1.29. The Labute approximate surface area is 153 Å². The number of ether oxygens (including phenoxy) is 1. The molecule has 3 rings (SSSR count). The average molecular weight is 376 g/mol. The number of nitrogens with zero attached hydrogens (tertiary/aromatic N) is 2. The van der Waals surface area contributed by atoms with Crippen molar-refractivity contribution in [1.29, 1.82) is 0 Å². The molecule has 0 fully saturated rings. The SMILES string of the molecule is CC(C)CSc1nc2ccccc2c(=O)n1-c1ccc(OC(F)F)cc1. The zero-order chi connectivity index (χ0) is 18.7. The van der Waals surface area contributed by atoms with E-state index in [2.05, 4.69) is 23.6 Å². The molecule has 3 aromatic rings. The molecular formula is C19H18F2N2O2S. The summed E-state index contributed by atoms with van der Waals surface area (Å²) in [5, 5.41) is 1.08. The monoisotopic (exact) mass is 376 g/mol. The molecule has 0 aliphatic carbocycles. The Morgan fingerprint density at radius 2 is 1.81 bits per heavy atom. The number of para-hydroxylation sites is 1. The van der Waals surface area contributed by atoms with E-state index in [1.54, 1.807) is 30.3 Å². The summed E-state index contributed by atoms with van der Waals surface area (Å²) < 4.78 is 30.6. The second kappa shape index (κ2) is 7.86. The summed E-state index contributed by atoms with van der Waals surface area (Å²) in [5.74, 6) is 1.28. The molecule has 1 aromatic heterocycles. The number of thioether (sulfide) groups is 1. The first-order valence-corrected chi connectivity index (χ1v) is 9.14. The second-order valence-electron chi connectivity index (χ2n) is 6.13. The minimum Gasteiger partial charge on any atom is -0.435 e. The highest BCUT2D eigenvalue weighted by Crippen LogP contribution is 2.24. The zero-order valence-electron chi connectivity index (χ0n) is 14.4. The topological polar surface area (TPSA) is 44.1 Å². The van der Waals surface area contributed by atoms with Crippen molar-refractivity contribution in [3.8, 4) is 11.4 Å². The quantitative estimate of drug-likeness (QED) is 0.461. The molecular weight excluding hydrogens is 358 g/mol. The number of alkyl halides is 2. The zero-order valence-corrected chi connectivity index (χ0v) is 15.2. The minimum absolute atomic E-state index is 0.0435. The first-order valence-electron chi connectivity index (χ1n) is 8.15. The number of rotatable bonds is 6. The van der Waals surface area contributed by atoms with Crippen molar-refractivity contribution < 1.29 is 13.5 Å². The van der Waals surface area contributed by atoms with E-state index < -0.39 is 6.61 Å². The van der Waals surface area contributed by atoms with Gasteiger partial charge in [0.15, 0.2) is 5.16 Å². The summed E-state index contributed by atoms with van der Waals surface area (Å²) in [6, 6.07) is 13.2. The predicted molar refractivity (Wildman–Crippen MR) is 99.5 cm³/mol. The largest absolute Gasteiger partial charge is 0.435 e. The molecule has 1 heterocycles. The Kier molecular flexibility index (Phi) is 5.56. The molecule has 26 heavy (non-hydrogen) atoms. The Bertz CT molecular complexity index is 956. The van der Waals surface area contributed by atoms with Crippen LogP contribution in [0.25, 0.3) is 16.6 Å². The van der Waals surface area contributed by atoms with E-state index in [9.17, 15) is 13.6 Å². The molecule has 4 nitrogen and oxygen atoms in total. The number of fused-ring (bicyclic) bond motifs is 1. The summed E-state index contributed by atoms with van der Waals surface area (Å²) in [4.78, 5) is 17.6. The van der Waals surface area contributed by atoms with Crippen molar-refractivity contribution in [2.24, 2.45) is 5.92 Å². The van der Waals surface area contributed by atoms with Gasteiger partial charge < -0.3 is 4.74 Å². The van der Waals surface area contributed by atoms with Crippen LogP contribution in [0.2, 0.25) is 0 Å². The maximum atomic E-state index is 13.0. The van der Waals surface area contributed by atoms with Gasteiger partial charge in [-0.05, 0) is 42.3 Å². The molecule has 0 amide bonds. The Morgan fingerprint density at radius 1 is 1.12 bits per heavy atom. The first kappa shape index (κ1) is 18.4. The van der Waals surface area contributed by atoms with Gasteiger partial charge in [0.2, 0.25) is 0 Å². The lowest BCUT2D eigenvalue weighted by molar-refractivity contribution is -0.0498. The highest BCUT2D eigenvalue weighted by molar-refractivity contribution is 7.99. The van der Waals surface area contributed by atoms with Crippen molar-refractivity contribution in [3.05, 3.63) is 58.9 Å². The molecule has 0 radical (unpaired) electrons. The Morgan fingerprint density at radius 3 is 2.46 bits per heavy atom. The number of hydrogen-bond donors (Lipinski definition) is 0. The third kappa shape index (κ3) is 4.04. The lowest BCUT2D eigenvalue weighted by Gasteiger charge is -2.14. The van der Waals surface area contributed by atoms with Gasteiger partial charge in [0.05, 0.1) is 16.6 Å². The van der Waals surface area contributed by atoms with Crippen LogP contribution in [0.4, 0.5) is 8.78 Å². The smallest absolute Gasteiger partial charge is 0.387 e. The second-order valence-corrected chi connectivity index (χ2v) is 7.12. The van der Waals surface area contributed by atoms with Gasteiger partial charge in [-0.15, -0.1) is 0 Å². The summed E-state index contributed by atoms with van der Waals surface area (Å²) in [7, 11) is 0. The van der Waals surface area contributed by atoms with E-state index >= 15 is 0 Å². The molecule has 2 aromatic carbocycles. The van der Waals surface area contributed by atoms with E-state index in [1.807, 2.05) is 6.07 Å². The number of aromatic nitrogens is 2. The van der Waals surface area contributed by atoms with Crippen LogP contribution in [0.15, 0.2) is 58.5 Å². The lowest BCUT2D eigenvalue weighted by Crippen LogP contribution is -2.22. The Hall–Kier alpha value is -2.41. The molecule has 0 aliphatic rings. The van der Waals surface area contributed by atoms with Crippen LogP contribution in [0, 0.1) is 5.92 Å². The van der Waals surface area contributed by atoms with Crippen molar-refractivity contribution in [2.45, 2.75) is 25.6 Å². The minimum atomic E-state index is -2.89. The maximum Gasteiger partial charge on any atom is 0.387 e. The molecule has 0 aliphatic heterocycles. The van der Waals surface area contributed by atoms with Gasteiger partial charge in [-0.3, -0.25) is 9.36 Å². The van der Waals surface area contributed by atoms with Crippen LogP contribution in [0.5, 0.6) is 5.75 Å². The third-order valence-electron chi connectivity index (χ3n) is 3.61. The molecule has 0 saturated carbocycles. The van der Waals surface area contributed by atoms with Gasteiger partial charge in [-0.1, -0.05) is 37.7 Å². The van der Waals surface area contributed by atoms with E-state index in [4.69, 9.17) is 0 Å². The molecule has 136 valence electrons. The van der Waals surface area contributed by atoms with Gasteiger partial charge in [0, 0.05) is 5.75 Å². The number of benzene rings is 2. The molecule has 0 atom stereocenters. The van der Waals surface area contributed by atoms with E-state index in [0.717, 1.165) is 5.75 Å². The predicted octanol–water partition coefficient (Wildman–Crippen LogP) is 4.74. The van der Waals surface area contributed by atoms with E-state index in [0.29, 0.717) is 27.7 Å². The van der Waals surface area contributed by atoms with Crippen LogP contribution < -0.4 is 10.3 Å². The first-order chi connectivity index (χ1) is 12.5. The molecule has 0 saturated heterocycles. The van der Waals surface area contributed by atoms with Gasteiger partial charge in [0.25, 0.3) is 5.56 Å². The maximum absolute atomic E-state index is 13.0. The standard InChI is InChI=1S/C19H18F2N2O2S/c1-12(2)11-26-19-22-16-6-4-3-5-15(16)17(24)23(19)13-7-9-14(10-8-13)25-18(20)21/h3-10,12,18H,11H2,1-2H3. The van der Waals surface area contributed by atoms with Gasteiger partial charge >= 0.3 is 6.61 Å². The number of halogens is 2. The fourth-order valence-corrected chi connectivity index (χ4v) is 3.42. The van der Waals surface area contributed by atoms with E-state index in [1.165, 1.54) is 28.5 Å². The normalized spacial score (nSPS) is 11.5. The van der Waals surface area contributed by atoms with Crippen LogP contribution in [0.3, 0.4) is 0 Å². The fraction of sp³-hybridized carbons (Fsp3) is 0.263. The fourth-order valence-electron chi connectivity index (χ4n) is 2.45. The molecule has 0 unspecified atom stereocenters. The molecule has 7 heteroatoms.